The van der Waals surface area contributed by atoms with Crippen LogP contribution < -0.4 is 10.6 Å². The fourth-order valence-electron chi connectivity index (χ4n) is 3.14. The second kappa shape index (κ2) is 8.31. The van der Waals surface area contributed by atoms with Crippen molar-refractivity contribution in [1.82, 2.24) is 20.4 Å². The summed E-state index contributed by atoms with van der Waals surface area (Å²) in [7, 11) is 0. The van der Waals surface area contributed by atoms with E-state index in [0.717, 1.165) is 29.5 Å². The van der Waals surface area contributed by atoms with E-state index in [4.69, 9.17) is 0 Å². The van der Waals surface area contributed by atoms with E-state index in [1.54, 1.807) is 24.3 Å². The lowest BCUT2D eigenvalue weighted by Gasteiger charge is -2.30. The number of piperidine rings is 1. The van der Waals surface area contributed by atoms with Crippen molar-refractivity contribution in [3.63, 3.8) is 0 Å². The molecule has 1 saturated heterocycles. The van der Waals surface area contributed by atoms with Crippen molar-refractivity contribution in [2.24, 2.45) is 5.92 Å². The highest BCUT2D eigenvalue weighted by Crippen LogP contribution is 2.33. The summed E-state index contributed by atoms with van der Waals surface area (Å²) in [4.78, 5) is 12.5. The number of amides is 1. The third-order valence-electron chi connectivity index (χ3n) is 4.66. The normalized spacial score (nSPS) is 20.0. The topological polar surface area (TPSA) is 59.0 Å². The van der Waals surface area contributed by atoms with Gasteiger partial charge in [-0.05, 0) is 44.5 Å². The van der Waals surface area contributed by atoms with Crippen LogP contribution in [0.25, 0.3) is 5.69 Å². The van der Waals surface area contributed by atoms with E-state index in [1.165, 1.54) is 0 Å². The van der Waals surface area contributed by atoms with E-state index in [2.05, 4.69) is 15.7 Å². The van der Waals surface area contributed by atoms with E-state index >= 15 is 0 Å². The molecule has 5 nitrogen and oxygen atoms in total. The first-order chi connectivity index (χ1) is 12.3. The summed E-state index contributed by atoms with van der Waals surface area (Å²) in [5, 5.41) is 9.77. The minimum atomic E-state index is -4.70. The molecule has 2 N–H and O–H groups in total. The van der Waals surface area contributed by atoms with Gasteiger partial charge in [-0.1, -0.05) is 24.6 Å². The highest BCUT2D eigenvalue weighted by molar-refractivity contribution is 5.95. The highest BCUT2D eigenvalue weighted by Gasteiger charge is 2.41. The predicted octanol–water partition coefficient (Wildman–Crippen LogP) is 3.35. The van der Waals surface area contributed by atoms with Crippen LogP contribution in [0.3, 0.4) is 0 Å². The monoisotopic (exact) mass is 402 g/mol. The molecule has 2 aromatic rings. The number of carbonyl (C=O) groups excluding carboxylic acids is 1. The molecule has 0 radical (unpaired) electrons. The number of aromatic nitrogens is 2. The average molecular weight is 403 g/mol. The van der Waals surface area contributed by atoms with Gasteiger partial charge in [-0.15, -0.1) is 12.4 Å². The molecule has 2 unspecified atom stereocenters. The maximum absolute atomic E-state index is 13.7. The molecular weight excluding hydrogens is 381 g/mol. The van der Waals surface area contributed by atoms with Gasteiger partial charge in [0, 0.05) is 6.04 Å². The lowest BCUT2D eigenvalue weighted by Crippen LogP contribution is -2.48. The fraction of sp³-hybridized carbons (Fsp3) is 0.444. The Morgan fingerprint density at radius 2 is 1.96 bits per heavy atom. The number of halogens is 4. The number of rotatable bonds is 3. The molecule has 0 bridgehead atoms. The number of aryl methyl sites for hydroxylation is 1. The van der Waals surface area contributed by atoms with Crippen molar-refractivity contribution in [2.75, 3.05) is 13.1 Å². The number of alkyl halides is 3. The van der Waals surface area contributed by atoms with Gasteiger partial charge in [0.2, 0.25) is 0 Å². The summed E-state index contributed by atoms with van der Waals surface area (Å²) in [6, 6.07) is 6.34. The number of hydrogen-bond donors (Lipinski definition) is 2. The largest absolute Gasteiger partial charge is 0.434 e. The molecule has 148 valence electrons. The Bertz CT molecular complexity index is 789. The van der Waals surface area contributed by atoms with Gasteiger partial charge in [-0.25, -0.2) is 4.68 Å². The Labute approximate surface area is 161 Å². The lowest BCUT2D eigenvalue weighted by molar-refractivity contribution is -0.143. The summed E-state index contributed by atoms with van der Waals surface area (Å²) in [5.74, 6) is -0.594. The minimum absolute atomic E-state index is 0. The van der Waals surface area contributed by atoms with E-state index in [9.17, 15) is 18.0 Å². The Balaban J connectivity index is 0.00000261. The molecule has 1 aromatic carbocycles. The molecule has 2 atom stereocenters. The van der Waals surface area contributed by atoms with Gasteiger partial charge < -0.3 is 10.6 Å². The Kier molecular flexibility index (Phi) is 6.54. The Morgan fingerprint density at radius 1 is 1.30 bits per heavy atom. The van der Waals surface area contributed by atoms with Crippen molar-refractivity contribution in [3.8, 4) is 5.69 Å². The molecule has 1 amide bonds. The molecule has 0 saturated carbocycles. The zero-order chi connectivity index (χ0) is 18.9. The molecule has 3 rings (SSSR count). The van der Waals surface area contributed by atoms with Crippen molar-refractivity contribution in [2.45, 2.75) is 32.5 Å². The van der Waals surface area contributed by atoms with E-state index < -0.39 is 23.3 Å². The molecule has 1 aliphatic rings. The Hall–Kier alpha value is -2.06. The van der Waals surface area contributed by atoms with Crippen molar-refractivity contribution >= 4 is 18.3 Å². The first-order valence-electron chi connectivity index (χ1n) is 8.51. The van der Waals surface area contributed by atoms with Crippen LogP contribution in [0.2, 0.25) is 0 Å². The van der Waals surface area contributed by atoms with Crippen molar-refractivity contribution < 1.29 is 18.0 Å². The third-order valence-corrected chi connectivity index (χ3v) is 4.66. The summed E-state index contributed by atoms with van der Waals surface area (Å²) >= 11 is 0. The molecule has 1 aromatic heterocycles. The van der Waals surface area contributed by atoms with Crippen molar-refractivity contribution in [3.05, 3.63) is 47.3 Å². The predicted molar refractivity (Wildman–Crippen MR) is 98.5 cm³/mol. The van der Waals surface area contributed by atoms with Crippen LogP contribution in [0.1, 0.15) is 35.0 Å². The van der Waals surface area contributed by atoms with Crippen LogP contribution in [0, 0.1) is 12.8 Å². The minimum Gasteiger partial charge on any atom is -0.349 e. The molecular formula is C18H22ClF3N4O. The number of hydrogen-bond acceptors (Lipinski definition) is 3. The number of nitrogens with one attached hydrogen (secondary N) is 2. The lowest BCUT2D eigenvalue weighted by atomic mass is 9.95. The van der Waals surface area contributed by atoms with Crippen LogP contribution in [-0.4, -0.2) is 34.8 Å². The molecule has 27 heavy (non-hydrogen) atoms. The van der Waals surface area contributed by atoms with Gasteiger partial charge in [-0.3, -0.25) is 4.79 Å². The summed E-state index contributed by atoms with van der Waals surface area (Å²) < 4.78 is 41.8. The first kappa shape index (κ1) is 21.2. The SMILES string of the molecule is Cc1ccc(-n2ncc(C(=O)NC3CCNCC3C)c2C(F)(F)F)cc1.Cl. The third kappa shape index (κ3) is 4.62. The number of carbonyl (C=O) groups is 1. The number of nitrogens with zero attached hydrogens (tertiary/aromatic N) is 2. The first-order valence-corrected chi connectivity index (χ1v) is 8.51. The molecule has 0 spiro atoms. The van der Waals surface area contributed by atoms with Crippen LogP contribution in [0.5, 0.6) is 0 Å². The molecule has 2 heterocycles. The van der Waals surface area contributed by atoms with Crippen LogP contribution in [-0.2, 0) is 6.18 Å². The van der Waals surface area contributed by atoms with Gasteiger partial charge in [0.05, 0.1) is 17.4 Å². The fourth-order valence-corrected chi connectivity index (χ4v) is 3.14. The summed E-state index contributed by atoms with van der Waals surface area (Å²) in [5.41, 5.74) is -0.325. The van der Waals surface area contributed by atoms with Gasteiger partial charge in [0.15, 0.2) is 5.69 Å². The molecule has 0 aliphatic carbocycles. The van der Waals surface area contributed by atoms with Crippen LogP contribution >= 0.6 is 12.4 Å². The average Bonchev–Trinajstić information content (AvgIpc) is 3.03. The maximum atomic E-state index is 13.7. The molecule has 1 aliphatic heterocycles. The second-order valence-electron chi connectivity index (χ2n) is 6.70. The van der Waals surface area contributed by atoms with Crippen LogP contribution in [0.15, 0.2) is 30.5 Å². The second-order valence-corrected chi connectivity index (χ2v) is 6.70. The quantitative estimate of drug-likeness (QED) is 0.827. The summed E-state index contributed by atoms with van der Waals surface area (Å²) in [6.45, 7) is 5.25. The maximum Gasteiger partial charge on any atom is 0.434 e. The van der Waals surface area contributed by atoms with E-state index in [-0.39, 0.29) is 30.1 Å². The van der Waals surface area contributed by atoms with E-state index in [1.807, 2.05) is 13.8 Å². The van der Waals surface area contributed by atoms with Gasteiger partial charge in [-0.2, -0.15) is 18.3 Å². The highest BCUT2D eigenvalue weighted by atomic mass is 35.5. The molecule has 1 fully saturated rings. The summed E-state index contributed by atoms with van der Waals surface area (Å²) in [6.07, 6.45) is -3.03. The van der Waals surface area contributed by atoms with Gasteiger partial charge >= 0.3 is 6.18 Å². The zero-order valence-corrected chi connectivity index (χ0v) is 15.8. The van der Waals surface area contributed by atoms with Gasteiger partial charge in [0.25, 0.3) is 5.91 Å². The number of benzene rings is 1. The van der Waals surface area contributed by atoms with Crippen LogP contribution in [0.4, 0.5) is 13.2 Å². The standard InChI is InChI=1S/C18H21F3N4O.ClH/c1-11-3-5-13(6-4-11)25-16(18(19,20)21)14(10-23-25)17(26)24-15-7-8-22-9-12(15)2;/h3-6,10,12,15,22H,7-9H2,1-2H3,(H,24,26);1H. The Morgan fingerprint density at radius 3 is 2.56 bits per heavy atom. The van der Waals surface area contributed by atoms with E-state index in [0.29, 0.717) is 6.42 Å². The van der Waals surface area contributed by atoms with Crippen molar-refractivity contribution in [1.29, 1.82) is 0 Å². The van der Waals surface area contributed by atoms with Gasteiger partial charge in [0.1, 0.15) is 0 Å². The molecule has 9 heteroatoms. The smallest absolute Gasteiger partial charge is 0.349 e. The zero-order valence-electron chi connectivity index (χ0n) is 15.0.